The number of rotatable bonds is 7. The smallest absolute Gasteiger partial charge is 0.221 e. The van der Waals surface area contributed by atoms with Crippen LogP contribution < -0.4 is 15.4 Å². The maximum absolute atomic E-state index is 11.3. The maximum Gasteiger partial charge on any atom is 0.221 e. The highest BCUT2D eigenvalue weighted by Crippen LogP contribution is 2.35. The number of carbonyl (C=O) groups excluding carboxylic acids is 1. The first-order chi connectivity index (χ1) is 12.7. The molecule has 0 spiro atoms. The van der Waals surface area contributed by atoms with E-state index in [1.165, 1.54) is 12.5 Å². The van der Waals surface area contributed by atoms with Gasteiger partial charge in [0, 0.05) is 44.4 Å². The molecule has 2 aromatic carbocycles. The minimum Gasteiger partial charge on any atom is -0.493 e. The van der Waals surface area contributed by atoms with Crippen LogP contribution in [0, 0.1) is 0 Å². The van der Waals surface area contributed by atoms with E-state index in [1.807, 2.05) is 24.3 Å². The zero-order valence-corrected chi connectivity index (χ0v) is 15.4. The summed E-state index contributed by atoms with van der Waals surface area (Å²) >= 11 is 0. The van der Waals surface area contributed by atoms with Gasteiger partial charge in [-0.25, -0.2) is 0 Å². The van der Waals surface area contributed by atoms with E-state index in [0.717, 1.165) is 55.2 Å². The van der Waals surface area contributed by atoms with Crippen molar-refractivity contribution < 1.29 is 14.3 Å². The van der Waals surface area contributed by atoms with Crippen LogP contribution >= 0.6 is 0 Å². The Hall–Kier alpha value is -2.37. The highest BCUT2D eigenvalue weighted by atomic mass is 16.5. The van der Waals surface area contributed by atoms with Gasteiger partial charge in [-0.05, 0) is 48.4 Å². The number of hydrogen-bond acceptors (Lipinski definition) is 4. The number of amides is 1. The topological polar surface area (TPSA) is 59.6 Å². The number of fused-ring (bicyclic) bond motifs is 1. The van der Waals surface area contributed by atoms with E-state index in [-0.39, 0.29) is 11.9 Å². The third kappa shape index (κ3) is 4.62. The summed E-state index contributed by atoms with van der Waals surface area (Å²) in [4.78, 5) is 11.3. The Morgan fingerprint density at radius 3 is 2.88 bits per heavy atom. The molecular formula is C21H26N2O3. The van der Waals surface area contributed by atoms with E-state index in [2.05, 4.69) is 28.8 Å². The van der Waals surface area contributed by atoms with Gasteiger partial charge in [0.15, 0.2) is 0 Å². The number of anilines is 1. The molecule has 0 aliphatic carbocycles. The number of carbonyl (C=O) groups is 1. The van der Waals surface area contributed by atoms with Gasteiger partial charge in [0.2, 0.25) is 5.91 Å². The van der Waals surface area contributed by atoms with Crippen molar-refractivity contribution in [3.63, 3.8) is 0 Å². The second-order valence-electron chi connectivity index (χ2n) is 6.50. The van der Waals surface area contributed by atoms with E-state index in [4.69, 9.17) is 9.47 Å². The van der Waals surface area contributed by atoms with Crippen molar-refractivity contribution >= 4 is 11.6 Å². The van der Waals surface area contributed by atoms with E-state index >= 15 is 0 Å². The van der Waals surface area contributed by atoms with Gasteiger partial charge in [0.05, 0.1) is 6.61 Å². The van der Waals surface area contributed by atoms with Crippen LogP contribution in [0.25, 0.3) is 11.1 Å². The largest absolute Gasteiger partial charge is 0.493 e. The lowest BCUT2D eigenvalue weighted by molar-refractivity contribution is -0.114. The molecule has 0 fully saturated rings. The van der Waals surface area contributed by atoms with E-state index in [1.54, 1.807) is 7.11 Å². The van der Waals surface area contributed by atoms with Crippen molar-refractivity contribution in [2.24, 2.45) is 0 Å². The van der Waals surface area contributed by atoms with E-state index in [0.29, 0.717) is 0 Å². The molecule has 1 atom stereocenters. The number of methoxy groups -OCH3 is 1. The van der Waals surface area contributed by atoms with Gasteiger partial charge in [-0.1, -0.05) is 18.2 Å². The van der Waals surface area contributed by atoms with Crippen LogP contribution in [0.4, 0.5) is 5.69 Å². The first-order valence-electron chi connectivity index (χ1n) is 9.04. The van der Waals surface area contributed by atoms with Crippen LogP contribution in [0.3, 0.4) is 0 Å². The average molecular weight is 354 g/mol. The third-order valence-corrected chi connectivity index (χ3v) is 4.48. The van der Waals surface area contributed by atoms with Crippen LogP contribution in [-0.2, 0) is 9.53 Å². The van der Waals surface area contributed by atoms with Gasteiger partial charge in [-0.15, -0.1) is 0 Å². The molecule has 0 bridgehead atoms. The van der Waals surface area contributed by atoms with Gasteiger partial charge in [-0.2, -0.15) is 0 Å². The molecule has 0 aromatic heterocycles. The predicted molar refractivity (Wildman–Crippen MR) is 104 cm³/mol. The van der Waals surface area contributed by atoms with Gasteiger partial charge in [-0.3, -0.25) is 4.79 Å². The number of ether oxygens (including phenoxy) is 2. The van der Waals surface area contributed by atoms with Crippen LogP contribution in [0.15, 0.2) is 42.5 Å². The lowest BCUT2D eigenvalue weighted by Crippen LogP contribution is -2.28. The third-order valence-electron chi connectivity index (χ3n) is 4.48. The first kappa shape index (κ1) is 18.4. The lowest BCUT2D eigenvalue weighted by Gasteiger charge is -2.27. The summed E-state index contributed by atoms with van der Waals surface area (Å²) in [5.41, 5.74) is 4.18. The summed E-state index contributed by atoms with van der Waals surface area (Å²) in [5.74, 6) is 0.878. The van der Waals surface area contributed by atoms with Crippen molar-refractivity contribution in [3.8, 4) is 16.9 Å². The second-order valence-corrected chi connectivity index (χ2v) is 6.50. The highest BCUT2D eigenvalue weighted by Gasteiger charge is 2.21. The molecule has 3 rings (SSSR count). The van der Waals surface area contributed by atoms with Crippen LogP contribution in [0.1, 0.15) is 31.4 Å². The molecule has 5 nitrogen and oxygen atoms in total. The molecule has 0 radical (unpaired) electrons. The fourth-order valence-electron chi connectivity index (χ4n) is 3.26. The summed E-state index contributed by atoms with van der Waals surface area (Å²) in [7, 11) is 1.73. The molecule has 1 amide bonds. The molecule has 0 saturated carbocycles. The normalized spacial score (nSPS) is 15.8. The standard InChI is InChI=1S/C21H26N2O3/c1-15(24)23-18-6-3-5-16(13-18)17-7-8-21-19(14-17)20(9-12-26-21)22-10-4-11-25-2/h3,5-8,13-14,20,22H,4,9-12H2,1-2H3,(H,23,24)/t20-/m0/s1. The Kier molecular flexibility index (Phi) is 6.26. The van der Waals surface area contributed by atoms with Crippen molar-refractivity contribution in [1.82, 2.24) is 5.32 Å². The van der Waals surface area contributed by atoms with Gasteiger partial charge < -0.3 is 20.1 Å². The van der Waals surface area contributed by atoms with Crippen LogP contribution in [-0.4, -0.2) is 32.8 Å². The Morgan fingerprint density at radius 2 is 2.08 bits per heavy atom. The highest BCUT2D eigenvalue weighted by molar-refractivity contribution is 5.89. The minimum atomic E-state index is -0.0682. The monoisotopic (exact) mass is 354 g/mol. The molecule has 1 aliphatic heterocycles. The van der Waals surface area contributed by atoms with Gasteiger partial charge >= 0.3 is 0 Å². The summed E-state index contributed by atoms with van der Waals surface area (Å²) < 4.78 is 10.9. The van der Waals surface area contributed by atoms with Crippen LogP contribution in [0.5, 0.6) is 5.75 Å². The Labute approximate surface area is 154 Å². The molecule has 2 aromatic rings. The lowest BCUT2D eigenvalue weighted by atomic mass is 9.95. The number of benzene rings is 2. The van der Waals surface area contributed by atoms with E-state index < -0.39 is 0 Å². The summed E-state index contributed by atoms with van der Waals surface area (Å²) in [6.07, 6.45) is 1.94. The molecular weight excluding hydrogens is 328 g/mol. The number of nitrogens with one attached hydrogen (secondary N) is 2. The zero-order valence-electron chi connectivity index (χ0n) is 15.4. The molecule has 0 unspecified atom stereocenters. The van der Waals surface area contributed by atoms with Crippen molar-refractivity contribution in [1.29, 1.82) is 0 Å². The molecule has 26 heavy (non-hydrogen) atoms. The first-order valence-corrected chi connectivity index (χ1v) is 9.04. The van der Waals surface area contributed by atoms with Crippen molar-refractivity contribution in [2.45, 2.75) is 25.8 Å². The SMILES string of the molecule is COCCCN[C@H]1CCOc2ccc(-c3cccc(NC(C)=O)c3)cc21. The average Bonchev–Trinajstić information content (AvgIpc) is 2.64. The Balaban J connectivity index is 1.81. The van der Waals surface area contributed by atoms with Crippen LogP contribution in [0.2, 0.25) is 0 Å². The molecule has 1 heterocycles. The van der Waals surface area contributed by atoms with Gasteiger partial charge in [0.25, 0.3) is 0 Å². The second kappa shape index (κ2) is 8.83. The van der Waals surface area contributed by atoms with Crippen molar-refractivity contribution in [2.75, 3.05) is 32.2 Å². The Bertz CT molecular complexity index is 761. The molecule has 2 N–H and O–H groups in total. The molecule has 0 saturated heterocycles. The molecule has 1 aliphatic rings. The molecule has 5 heteroatoms. The maximum atomic E-state index is 11.3. The van der Waals surface area contributed by atoms with Gasteiger partial charge in [0.1, 0.15) is 5.75 Å². The summed E-state index contributed by atoms with van der Waals surface area (Å²) in [6.45, 7) is 3.92. The zero-order chi connectivity index (χ0) is 18.4. The quantitative estimate of drug-likeness (QED) is 0.743. The summed E-state index contributed by atoms with van der Waals surface area (Å²) in [6, 6.07) is 14.5. The van der Waals surface area contributed by atoms with E-state index in [9.17, 15) is 4.79 Å². The fraction of sp³-hybridized carbons (Fsp3) is 0.381. The fourth-order valence-corrected chi connectivity index (χ4v) is 3.26. The molecule has 138 valence electrons. The summed E-state index contributed by atoms with van der Waals surface area (Å²) in [5, 5.41) is 6.45. The Morgan fingerprint density at radius 1 is 1.23 bits per heavy atom. The van der Waals surface area contributed by atoms with Crippen molar-refractivity contribution in [3.05, 3.63) is 48.0 Å². The minimum absolute atomic E-state index is 0.0682. The predicted octanol–water partition coefficient (Wildman–Crippen LogP) is 3.76. The number of hydrogen-bond donors (Lipinski definition) is 2.